The van der Waals surface area contributed by atoms with E-state index in [0.29, 0.717) is 5.02 Å². The zero-order chi connectivity index (χ0) is 14.5. The second kappa shape index (κ2) is 7.16. The van der Waals surface area contributed by atoms with Crippen LogP contribution >= 0.6 is 22.9 Å². The zero-order valence-corrected chi connectivity index (χ0v) is 13.2. The van der Waals surface area contributed by atoms with Gasteiger partial charge in [0.05, 0.1) is 10.7 Å². The van der Waals surface area contributed by atoms with E-state index in [1.807, 2.05) is 0 Å². The summed E-state index contributed by atoms with van der Waals surface area (Å²) in [6.07, 6.45) is 2.01. The van der Waals surface area contributed by atoms with Gasteiger partial charge in [-0.05, 0) is 31.2 Å². The van der Waals surface area contributed by atoms with Crippen LogP contribution in [0.15, 0.2) is 18.2 Å². The van der Waals surface area contributed by atoms with Crippen LogP contribution in [-0.2, 0) is 13.0 Å². The Hall–Kier alpha value is -0.970. The van der Waals surface area contributed by atoms with Gasteiger partial charge in [-0.1, -0.05) is 31.9 Å². The molecule has 0 unspecified atom stereocenters. The van der Waals surface area contributed by atoms with Gasteiger partial charge in [-0.25, -0.2) is 9.37 Å². The number of rotatable bonds is 6. The summed E-state index contributed by atoms with van der Waals surface area (Å²) in [5.41, 5.74) is 1.92. The Kier molecular flexibility index (Phi) is 5.52. The van der Waals surface area contributed by atoms with Crippen LogP contribution in [0, 0.1) is 5.82 Å². The number of nitrogens with one attached hydrogen (secondary N) is 1. The largest absolute Gasteiger partial charge is 0.312 e. The molecule has 1 aromatic carbocycles. The Bertz CT molecular complexity index is 583. The standard InChI is InChI=1S/C15H18ClFN2S/c1-3-5-13-14(9-18-4-2)20-15(19-13)11-7-6-10(17)8-12(11)16/h6-8,18H,3-5,9H2,1-2H3. The lowest BCUT2D eigenvalue weighted by atomic mass is 10.2. The van der Waals surface area contributed by atoms with E-state index >= 15 is 0 Å². The normalized spacial score (nSPS) is 11.0. The maximum absolute atomic E-state index is 13.1. The molecule has 1 aromatic heterocycles. The first-order valence-electron chi connectivity index (χ1n) is 6.80. The van der Waals surface area contributed by atoms with E-state index in [-0.39, 0.29) is 5.82 Å². The smallest absolute Gasteiger partial charge is 0.125 e. The second-order valence-corrected chi connectivity index (χ2v) is 6.03. The topological polar surface area (TPSA) is 24.9 Å². The van der Waals surface area contributed by atoms with Crippen LogP contribution in [0.5, 0.6) is 0 Å². The molecule has 2 aromatic rings. The predicted molar refractivity (Wildman–Crippen MR) is 83.9 cm³/mol. The van der Waals surface area contributed by atoms with Crippen molar-refractivity contribution in [1.29, 1.82) is 0 Å². The molecule has 1 heterocycles. The van der Waals surface area contributed by atoms with Crippen LogP contribution in [0.1, 0.15) is 30.8 Å². The minimum absolute atomic E-state index is 0.322. The van der Waals surface area contributed by atoms with Crippen LogP contribution < -0.4 is 5.32 Å². The van der Waals surface area contributed by atoms with Gasteiger partial charge >= 0.3 is 0 Å². The van der Waals surface area contributed by atoms with E-state index in [4.69, 9.17) is 11.6 Å². The van der Waals surface area contributed by atoms with Crippen LogP contribution in [0.2, 0.25) is 5.02 Å². The zero-order valence-electron chi connectivity index (χ0n) is 11.7. The van der Waals surface area contributed by atoms with E-state index < -0.39 is 0 Å². The van der Waals surface area contributed by atoms with Gasteiger partial charge in [-0.15, -0.1) is 11.3 Å². The Labute approximate surface area is 128 Å². The average Bonchev–Trinajstić information content (AvgIpc) is 2.80. The SMILES string of the molecule is CCCc1nc(-c2ccc(F)cc2Cl)sc1CNCC. The number of hydrogen-bond acceptors (Lipinski definition) is 3. The molecule has 0 spiro atoms. The van der Waals surface area contributed by atoms with Crippen molar-refractivity contribution in [2.75, 3.05) is 6.54 Å². The number of hydrogen-bond donors (Lipinski definition) is 1. The van der Waals surface area contributed by atoms with Crippen molar-refractivity contribution in [3.8, 4) is 10.6 Å². The van der Waals surface area contributed by atoms with Gasteiger partial charge in [0, 0.05) is 17.0 Å². The van der Waals surface area contributed by atoms with Crippen molar-refractivity contribution >= 4 is 22.9 Å². The maximum Gasteiger partial charge on any atom is 0.125 e. The summed E-state index contributed by atoms with van der Waals surface area (Å²) in [4.78, 5) is 5.93. The third-order valence-electron chi connectivity index (χ3n) is 2.96. The molecule has 0 fully saturated rings. The highest BCUT2D eigenvalue weighted by Gasteiger charge is 2.14. The Morgan fingerprint density at radius 3 is 2.80 bits per heavy atom. The number of thiazole rings is 1. The van der Waals surface area contributed by atoms with Crippen molar-refractivity contribution in [3.63, 3.8) is 0 Å². The van der Waals surface area contributed by atoms with Gasteiger partial charge in [0.2, 0.25) is 0 Å². The van der Waals surface area contributed by atoms with Crippen LogP contribution in [0.25, 0.3) is 10.6 Å². The molecule has 0 radical (unpaired) electrons. The fourth-order valence-electron chi connectivity index (χ4n) is 1.97. The summed E-state index contributed by atoms with van der Waals surface area (Å²) < 4.78 is 13.1. The molecule has 20 heavy (non-hydrogen) atoms. The van der Waals surface area contributed by atoms with E-state index in [1.54, 1.807) is 17.4 Å². The first-order chi connectivity index (χ1) is 9.65. The van der Waals surface area contributed by atoms with Gasteiger partial charge in [-0.2, -0.15) is 0 Å². The second-order valence-electron chi connectivity index (χ2n) is 4.54. The number of benzene rings is 1. The third kappa shape index (κ3) is 3.57. The first kappa shape index (κ1) is 15.4. The van der Waals surface area contributed by atoms with Crippen LogP contribution in [0.3, 0.4) is 0 Å². The molecular formula is C15H18ClFN2S. The maximum atomic E-state index is 13.1. The van der Waals surface area contributed by atoms with Gasteiger partial charge in [-0.3, -0.25) is 0 Å². The van der Waals surface area contributed by atoms with Gasteiger partial charge in [0.25, 0.3) is 0 Å². The lowest BCUT2D eigenvalue weighted by Crippen LogP contribution is -2.11. The van der Waals surface area contributed by atoms with Crippen molar-refractivity contribution in [3.05, 3.63) is 39.6 Å². The molecule has 0 aliphatic carbocycles. The lowest BCUT2D eigenvalue weighted by molar-refractivity contribution is 0.628. The molecule has 2 rings (SSSR count). The molecule has 0 amide bonds. The molecule has 0 aliphatic rings. The number of aryl methyl sites for hydroxylation is 1. The number of halogens is 2. The molecule has 0 atom stereocenters. The highest BCUT2D eigenvalue weighted by Crippen LogP contribution is 2.33. The summed E-state index contributed by atoms with van der Waals surface area (Å²) in [7, 11) is 0. The monoisotopic (exact) mass is 312 g/mol. The predicted octanol–water partition coefficient (Wildman–Crippen LogP) is 4.66. The van der Waals surface area contributed by atoms with E-state index in [9.17, 15) is 4.39 Å². The summed E-state index contributed by atoms with van der Waals surface area (Å²) in [6.45, 7) is 5.97. The lowest BCUT2D eigenvalue weighted by Gasteiger charge is -2.00. The highest BCUT2D eigenvalue weighted by atomic mass is 35.5. The Morgan fingerprint density at radius 2 is 2.15 bits per heavy atom. The quantitative estimate of drug-likeness (QED) is 0.838. The minimum Gasteiger partial charge on any atom is -0.312 e. The molecule has 0 bridgehead atoms. The molecule has 108 valence electrons. The molecule has 2 nitrogen and oxygen atoms in total. The summed E-state index contributed by atoms with van der Waals surface area (Å²) in [5.74, 6) is -0.322. The van der Waals surface area contributed by atoms with E-state index in [2.05, 4.69) is 24.1 Å². The molecule has 0 saturated heterocycles. The fourth-order valence-corrected chi connectivity index (χ4v) is 3.40. The minimum atomic E-state index is -0.322. The van der Waals surface area contributed by atoms with Crippen molar-refractivity contribution in [2.24, 2.45) is 0 Å². The van der Waals surface area contributed by atoms with E-state index in [1.165, 1.54) is 17.0 Å². The fraction of sp³-hybridized carbons (Fsp3) is 0.400. The Balaban J connectivity index is 2.36. The number of aromatic nitrogens is 1. The summed E-state index contributed by atoms with van der Waals surface area (Å²) in [6, 6.07) is 4.46. The third-order valence-corrected chi connectivity index (χ3v) is 4.41. The van der Waals surface area contributed by atoms with Crippen molar-refractivity contribution in [2.45, 2.75) is 33.2 Å². The molecular weight excluding hydrogens is 295 g/mol. The van der Waals surface area contributed by atoms with Gasteiger partial charge in [0.1, 0.15) is 10.8 Å². The van der Waals surface area contributed by atoms with Crippen LogP contribution in [0.4, 0.5) is 4.39 Å². The number of nitrogens with zero attached hydrogens (tertiary/aromatic N) is 1. The molecule has 0 aliphatic heterocycles. The highest BCUT2D eigenvalue weighted by molar-refractivity contribution is 7.15. The summed E-state index contributed by atoms with van der Waals surface area (Å²) >= 11 is 7.75. The van der Waals surface area contributed by atoms with Gasteiger partial charge < -0.3 is 5.32 Å². The van der Waals surface area contributed by atoms with E-state index in [0.717, 1.165) is 42.2 Å². The van der Waals surface area contributed by atoms with Crippen LogP contribution in [-0.4, -0.2) is 11.5 Å². The molecule has 1 N–H and O–H groups in total. The van der Waals surface area contributed by atoms with Gasteiger partial charge in [0.15, 0.2) is 0 Å². The van der Waals surface area contributed by atoms with Crippen molar-refractivity contribution in [1.82, 2.24) is 10.3 Å². The summed E-state index contributed by atoms with van der Waals surface area (Å²) in [5, 5.41) is 4.61. The van der Waals surface area contributed by atoms with Crippen molar-refractivity contribution < 1.29 is 4.39 Å². The molecule has 5 heteroatoms. The molecule has 0 saturated carbocycles. The average molecular weight is 313 g/mol. The first-order valence-corrected chi connectivity index (χ1v) is 7.99. The Morgan fingerprint density at radius 1 is 1.35 bits per heavy atom.